The second-order valence-corrected chi connectivity index (χ2v) is 3.98. The van der Waals surface area contributed by atoms with Crippen LogP contribution in [0.2, 0.25) is 0 Å². The van der Waals surface area contributed by atoms with Gasteiger partial charge in [0.1, 0.15) is 10.8 Å². The van der Waals surface area contributed by atoms with Crippen LogP contribution in [-0.4, -0.2) is 21.4 Å². The van der Waals surface area contributed by atoms with Crippen molar-refractivity contribution in [2.45, 2.75) is 25.4 Å². The standard InChI is InChI=1S/C8H12BrN3O/c9-8-6(13)5-11-12(8)7-3-1-2-4-10-7/h5,7,10,13H,1-4H2. The number of nitrogens with zero attached hydrogens (tertiary/aromatic N) is 2. The molecule has 0 aliphatic carbocycles. The fourth-order valence-corrected chi connectivity index (χ4v) is 2.04. The molecular formula is C8H12BrN3O. The number of hydrogen-bond acceptors (Lipinski definition) is 3. The molecule has 72 valence electrons. The Hall–Kier alpha value is -0.550. The molecule has 2 N–H and O–H groups in total. The summed E-state index contributed by atoms with van der Waals surface area (Å²) in [6.07, 6.45) is 5.19. The number of hydrogen-bond donors (Lipinski definition) is 2. The summed E-state index contributed by atoms with van der Waals surface area (Å²) in [6.45, 7) is 1.03. The van der Waals surface area contributed by atoms with Crippen LogP contribution in [0.25, 0.3) is 0 Å². The van der Waals surface area contributed by atoms with Crippen molar-refractivity contribution < 1.29 is 5.11 Å². The Morgan fingerprint density at radius 1 is 1.62 bits per heavy atom. The van der Waals surface area contributed by atoms with E-state index >= 15 is 0 Å². The Morgan fingerprint density at radius 3 is 3.00 bits per heavy atom. The molecule has 1 atom stereocenters. The van der Waals surface area contributed by atoms with E-state index in [0.29, 0.717) is 4.60 Å². The van der Waals surface area contributed by atoms with Crippen LogP contribution in [0.3, 0.4) is 0 Å². The maximum Gasteiger partial charge on any atom is 0.168 e. The summed E-state index contributed by atoms with van der Waals surface area (Å²) in [7, 11) is 0. The van der Waals surface area contributed by atoms with Gasteiger partial charge in [0.05, 0.1) is 6.20 Å². The molecule has 1 fully saturated rings. The van der Waals surface area contributed by atoms with Gasteiger partial charge in [-0.25, -0.2) is 4.68 Å². The molecule has 2 rings (SSSR count). The van der Waals surface area contributed by atoms with Crippen molar-refractivity contribution in [1.29, 1.82) is 0 Å². The summed E-state index contributed by atoms with van der Waals surface area (Å²) in [5.41, 5.74) is 0. The zero-order chi connectivity index (χ0) is 9.26. The molecule has 2 heterocycles. The van der Waals surface area contributed by atoms with Crippen LogP contribution in [0.1, 0.15) is 25.4 Å². The normalized spacial score (nSPS) is 23.3. The molecule has 0 saturated carbocycles. The fraction of sp³-hybridized carbons (Fsp3) is 0.625. The lowest BCUT2D eigenvalue weighted by atomic mass is 10.1. The highest BCUT2D eigenvalue weighted by molar-refractivity contribution is 9.10. The Balaban J connectivity index is 2.18. The molecule has 1 aromatic rings. The average molecular weight is 246 g/mol. The first kappa shape index (κ1) is 9.02. The summed E-state index contributed by atoms with van der Waals surface area (Å²) < 4.78 is 2.45. The molecule has 0 radical (unpaired) electrons. The van der Waals surface area contributed by atoms with Crippen LogP contribution in [0.5, 0.6) is 5.75 Å². The molecule has 1 unspecified atom stereocenters. The molecule has 13 heavy (non-hydrogen) atoms. The molecule has 0 aromatic carbocycles. The van der Waals surface area contributed by atoms with Crippen molar-refractivity contribution in [2.75, 3.05) is 6.54 Å². The van der Waals surface area contributed by atoms with Gasteiger partial charge in [-0.2, -0.15) is 5.10 Å². The quantitative estimate of drug-likeness (QED) is 0.791. The Bertz CT molecular complexity index is 294. The second-order valence-electron chi connectivity index (χ2n) is 3.23. The summed E-state index contributed by atoms with van der Waals surface area (Å²) in [6, 6.07) is 0. The lowest BCUT2D eigenvalue weighted by Gasteiger charge is -2.24. The molecule has 5 heteroatoms. The van der Waals surface area contributed by atoms with Crippen molar-refractivity contribution in [3.05, 3.63) is 10.8 Å². The van der Waals surface area contributed by atoms with Crippen LogP contribution in [0.15, 0.2) is 10.8 Å². The van der Waals surface area contributed by atoms with E-state index in [1.54, 1.807) is 4.68 Å². The first-order valence-corrected chi connectivity index (χ1v) is 5.23. The third-order valence-electron chi connectivity index (χ3n) is 2.30. The lowest BCUT2D eigenvalue weighted by Crippen LogP contribution is -2.32. The Labute approximate surface area is 85.1 Å². The minimum Gasteiger partial charge on any atom is -0.504 e. The van der Waals surface area contributed by atoms with E-state index in [4.69, 9.17) is 0 Å². The number of aromatic nitrogens is 2. The van der Waals surface area contributed by atoms with Gasteiger partial charge in [0, 0.05) is 0 Å². The topological polar surface area (TPSA) is 50.1 Å². The Morgan fingerprint density at radius 2 is 2.46 bits per heavy atom. The number of halogens is 1. The largest absolute Gasteiger partial charge is 0.504 e. The molecule has 4 nitrogen and oxygen atoms in total. The van der Waals surface area contributed by atoms with E-state index < -0.39 is 0 Å². The molecular weight excluding hydrogens is 234 g/mol. The number of piperidine rings is 1. The van der Waals surface area contributed by atoms with Crippen molar-refractivity contribution in [3.8, 4) is 5.75 Å². The van der Waals surface area contributed by atoms with Gasteiger partial charge in [0.15, 0.2) is 5.75 Å². The van der Waals surface area contributed by atoms with Gasteiger partial charge in [-0.15, -0.1) is 0 Å². The van der Waals surface area contributed by atoms with Crippen molar-refractivity contribution >= 4 is 15.9 Å². The summed E-state index contributed by atoms with van der Waals surface area (Å²) in [4.78, 5) is 0. The molecule has 1 aliphatic heterocycles. The van der Waals surface area contributed by atoms with Crippen molar-refractivity contribution in [2.24, 2.45) is 0 Å². The average Bonchev–Trinajstić information content (AvgIpc) is 2.49. The van der Waals surface area contributed by atoms with E-state index in [0.717, 1.165) is 13.0 Å². The van der Waals surface area contributed by atoms with Crippen LogP contribution < -0.4 is 5.32 Å². The number of nitrogens with one attached hydrogen (secondary N) is 1. The molecule has 0 spiro atoms. The van der Waals surface area contributed by atoms with E-state index in [-0.39, 0.29) is 11.9 Å². The summed E-state index contributed by atoms with van der Waals surface area (Å²) in [5.74, 6) is 0.201. The molecule has 0 amide bonds. The first-order chi connectivity index (χ1) is 6.29. The highest BCUT2D eigenvalue weighted by atomic mass is 79.9. The lowest BCUT2D eigenvalue weighted by molar-refractivity contribution is 0.292. The smallest absolute Gasteiger partial charge is 0.168 e. The minimum atomic E-state index is 0.201. The minimum absolute atomic E-state index is 0.201. The van der Waals surface area contributed by atoms with Crippen molar-refractivity contribution in [3.63, 3.8) is 0 Å². The molecule has 1 aromatic heterocycles. The van der Waals surface area contributed by atoms with Gasteiger partial charge in [-0.3, -0.25) is 5.32 Å². The SMILES string of the molecule is Oc1cnn(C2CCCCN2)c1Br. The zero-order valence-corrected chi connectivity index (χ0v) is 8.79. The van der Waals surface area contributed by atoms with Gasteiger partial charge < -0.3 is 5.11 Å². The van der Waals surface area contributed by atoms with E-state index in [9.17, 15) is 5.11 Å². The van der Waals surface area contributed by atoms with Gasteiger partial charge in [-0.05, 0) is 41.7 Å². The van der Waals surface area contributed by atoms with Gasteiger partial charge >= 0.3 is 0 Å². The maximum absolute atomic E-state index is 9.31. The number of rotatable bonds is 1. The van der Waals surface area contributed by atoms with Gasteiger partial charge in [0.2, 0.25) is 0 Å². The molecule has 1 aliphatic rings. The van der Waals surface area contributed by atoms with Gasteiger partial charge in [-0.1, -0.05) is 0 Å². The maximum atomic E-state index is 9.31. The van der Waals surface area contributed by atoms with E-state index in [1.807, 2.05) is 0 Å². The Kier molecular flexibility index (Phi) is 2.55. The molecule has 1 saturated heterocycles. The van der Waals surface area contributed by atoms with Crippen LogP contribution in [0, 0.1) is 0 Å². The predicted molar refractivity (Wildman–Crippen MR) is 52.5 cm³/mol. The van der Waals surface area contributed by atoms with E-state index in [1.165, 1.54) is 19.0 Å². The second kappa shape index (κ2) is 3.67. The third kappa shape index (κ3) is 1.71. The third-order valence-corrected chi connectivity index (χ3v) is 3.07. The number of aromatic hydroxyl groups is 1. The van der Waals surface area contributed by atoms with Gasteiger partial charge in [0.25, 0.3) is 0 Å². The van der Waals surface area contributed by atoms with Crippen LogP contribution in [-0.2, 0) is 0 Å². The molecule has 0 bridgehead atoms. The zero-order valence-electron chi connectivity index (χ0n) is 7.20. The van der Waals surface area contributed by atoms with Crippen molar-refractivity contribution in [1.82, 2.24) is 15.1 Å². The van der Waals surface area contributed by atoms with Crippen LogP contribution >= 0.6 is 15.9 Å². The predicted octanol–water partition coefficient (Wildman–Crippen LogP) is 1.62. The summed E-state index contributed by atoms with van der Waals surface area (Å²) in [5, 5.41) is 16.8. The highest BCUT2D eigenvalue weighted by Crippen LogP contribution is 2.27. The van der Waals surface area contributed by atoms with E-state index in [2.05, 4.69) is 26.3 Å². The summed E-state index contributed by atoms with van der Waals surface area (Å²) >= 11 is 3.30. The monoisotopic (exact) mass is 245 g/mol. The van der Waals surface area contributed by atoms with Crippen LogP contribution in [0.4, 0.5) is 0 Å². The fourth-order valence-electron chi connectivity index (χ4n) is 1.60. The highest BCUT2D eigenvalue weighted by Gasteiger charge is 2.18. The first-order valence-electron chi connectivity index (χ1n) is 4.44.